The summed E-state index contributed by atoms with van der Waals surface area (Å²) in [4.78, 5) is -0.0651. The molecule has 0 saturated heterocycles. The molecule has 5 heteroatoms. The maximum Gasteiger partial charge on any atom is 0.139 e. The molecule has 2 nitrogen and oxygen atoms in total. The van der Waals surface area contributed by atoms with Gasteiger partial charge in [-0.3, -0.25) is 4.21 Å². The largest absolute Gasteiger partial charge is 0.328 e. The summed E-state index contributed by atoms with van der Waals surface area (Å²) in [6.45, 7) is 1.85. The van der Waals surface area contributed by atoms with Crippen LogP contribution < -0.4 is 5.73 Å². The number of hydrogen-bond acceptors (Lipinski definition) is 2. The molecule has 0 saturated carbocycles. The highest BCUT2D eigenvalue weighted by Gasteiger charge is 2.11. The lowest BCUT2D eigenvalue weighted by Crippen LogP contribution is -2.15. The van der Waals surface area contributed by atoms with Crippen LogP contribution in [0.2, 0.25) is 0 Å². The molecule has 0 aliphatic carbocycles. The molecule has 0 fully saturated rings. The first-order valence-electron chi connectivity index (χ1n) is 5.09. The molecule has 0 heterocycles. The Kier molecular flexibility index (Phi) is 5.02. The topological polar surface area (TPSA) is 43.1 Å². The van der Waals surface area contributed by atoms with E-state index >= 15 is 0 Å². The van der Waals surface area contributed by atoms with E-state index in [0.29, 0.717) is 12.2 Å². The summed E-state index contributed by atoms with van der Waals surface area (Å²) in [6, 6.07) is 3.03. The van der Waals surface area contributed by atoms with Gasteiger partial charge in [0.05, 0.1) is 15.7 Å². The third-order valence-corrected chi connectivity index (χ3v) is 3.59. The molecule has 0 bridgehead atoms. The molecule has 1 rings (SSSR count). The van der Waals surface area contributed by atoms with Crippen molar-refractivity contribution in [3.8, 4) is 0 Å². The van der Waals surface area contributed by atoms with Crippen LogP contribution in [0.1, 0.15) is 19.8 Å². The van der Waals surface area contributed by atoms with E-state index in [2.05, 4.69) is 0 Å². The Labute approximate surface area is 96.3 Å². The smallest absolute Gasteiger partial charge is 0.139 e. The summed E-state index contributed by atoms with van der Waals surface area (Å²) < 4.78 is 37.7. The van der Waals surface area contributed by atoms with Gasteiger partial charge in [0, 0.05) is 11.8 Å². The Hall–Kier alpha value is -0.810. The molecule has 0 aromatic heterocycles. The van der Waals surface area contributed by atoms with Crippen LogP contribution in [0.4, 0.5) is 8.78 Å². The maximum atomic E-state index is 13.2. The van der Waals surface area contributed by atoms with E-state index in [-0.39, 0.29) is 10.9 Å². The third kappa shape index (κ3) is 3.98. The summed E-state index contributed by atoms with van der Waals surface area (Å²) in [5.41, 5.74) is 5.54. The highest BCUT2D eigenvalue weighted by Crippen LogP contribution is 2.15. The van der Waals surface area contributed by atoms with E-state index in [4.69, 9.17) is 5.73 Å². The molecule has 0 spiro atoms. The van der Waals surface area contributed by atoms with E-state index in [1.807, 2.05) is 6.92 Å². The number of hydrogen-bond donors (Lipinski definition) is 1. The van der Waals surface area contributed by atoms with E-state index in [1.54, 1.807) is 0 Å². The zero-order chi connectivity index (χ0) is 12.1. The molecule has 1 aromatic rings. The van der Waals surface area contributed by atoms with Crippen molar-refractivity contribution in [3.63, 3.8) is 0 Å². The lowest BCUT2D eigenvalue weighted by Gasteiger charge is -2.06. The van der Waals surface area contributed by atoms with Crippen molar-refractivity contribution in [2.24, 2.45) is 5.73 Å². The molecule has 2 atom stereocenters. The number of halogens is 2. The van der Waals surface area contributed by atoms with Gasteiger partial charge in [-0.05, 0) is 38.0 Å². The second-order valence-electron chi connectivity index (χ2n) is 3.74. The van der Waals surface area contributed by atoms with Gasteiger partial charge in [-0.1, -0.05) is 0 Å². The van der Waals surface area contributed by atoms with Crippen molar-refractivity contribution in [3.05, 3.63) is 29.8 Å². The molecule has 2 N–H and O–H groups in total. The average molecular weight is 247 g/mol. The molecule has 0 aliphatic rings. The Bertz CT molecular complexity index is 382. The molecule has 1 aromatic carbocycles. The van der Waals surface area contributed by atoms with Crippen LogP contribution in [0, 0.1) is 11.6 Å². The van der Waals surface area contributed by atoms with Crippen molar-refractivity contribution < 1.29 is 13.0 Å². The van der Waals surface area contributed by atoms with Gasteiger partial charge in [0.25, 0.3) is 0 Å². The monoisotopic (exact) mass is 247 g/mol. The zero-order valence-electron chi connectivity index (χ0n) is 9.08. The van der Waals surface area contributed by atoms with Crippen molar-refractivity contribution in [1.82, 2.24) is 0 Å². The lowest BCUT2D eigenvalue weighted by molar-refractivity contribution is 0.571. The molecule has 0 aliphatic heterocycles. The summed E-state index contributed by atoms with van der Waals surface area (Å²) in [7, 11) is -1.49. The van der Waals surface area contributed by atoms with Crippen molar-refractivity contribution >= 4 is 10.8 Å². The Morgan fingerprint density at radius 2 is 2.12 bits per heavy atom. The van der Waals surface area contributed by atoms with E-state index in [0.717, 1.165) is 24.6 Å². The van der Waals surface area contributed by atoms with Crippen LogP contribution in [-0.2, 0) is 10.8 Å². The number of rotatable bonds is 5. The predicted molar refractivity (Wildman–Crippen MR) is 60.5 cm³/mol. The average Bonchev–Trinajstić information content (AvgIpc) is 2.21. The van der Waals surface area contributed by atoms with Crippen molar-refractivity contribution in [2.75, 3.05) is 5.75 Å². The fourth-order valence-electron chi connectivity index (χ4n) is 1.30. The van der Waals surface area contributed by atoms with Gasteiger partial charge >= 0.3 is 0 Å². The number of nitrogens with two attached hydrogens (primary N) is 1. The Morgan fingerprint density at radius 3 is 2.75 bits per heavy atom. The molecular formula is C11H15F2NOS. The van der Waals surface area contributed by atoms with E-state index in [1.165, 1.54) is 0 Å². The quantitative estimate of drug-likeness (QED) is 0.866. The van der Waals surface area contributed by atoms with Gasteiger partial charge in [0.1, 0.15) is 11.6 Å². The second-order valence-corrected chi connectivity index (χ2v) is 5.28. The summed E-state index contributed by atoms with van der Waals surface area (Å²) in [5, 5.41) is 0. The van der Waals surface area contributed by atoms with E-state index in [9.17, 15) is 13.0 Å². The molecule has 90 valence electrons. The van der Waals surface area contributed by atoms with Gasteiger partial charge in [-0.15, -0.1) is 0 Å². The summed E-state index contributed by atoms with van der Waals surface area (Å²) >= 11 is 0. The standard InChI is InChI=1S/C11H15F2NOS/c1-8(14)3-2-6-16(15)11-7-9(12)4-5-10(11)13/h4-5,7-8H,2-3,6,14H2,1H3. The summed E-state index contributed by atoms with van der Waals surface area (Å²) in [5.74, 6) is -0.889. The van der Waals surface area contributed by atoms with E-state index < -0.39 is 22.4 Å². The minimum atomic E-state index is -1.49. The van der Waals surface area contributed by atoms with Crippen LogP contribution >= 0.6 is 0 Å². The molecule has 0 radical (unpaired) electrons. The third-order valence-electron chi connectivity index (χ3n) is 2.13. The predicted octanol–water partition coefficient (Wildman–Crippen LogP) is 2.20. The molecule has 2 unspecified atom stereocenters. The van der Waals surface area contributed by atoms with Crippen LogP contribution in [0.3, 0.4) is 0 Å². The van der Waals surface area contributed by atoms with Crippen molar-refractivity contribution in [1.29, 1.82) is 0 Å². The van der Waals surface area contributed by atoms with Crippen LogP contribution in [0.25, 0.3) is 0 Å². The minimum Gasteiger partial charge on any atom is -0.328 e. The zero-order valence-corrected chi connectivity index (χ0v) is 9.90. The first kappa shape index (κ1) is 13.3. The molecular weight excluding hydrogens is 232 g/mol. The minimum absolute atomic E-state index is 0.0364. The summed E-state index contributed by atoms with van der Waals surface area (Å²) in [6.07, 6.45) is 1.36. The maximum absolute atomic E-state index is 13.2. The van der Waals surface area contributed by atoms with Gasteiger partial charge < -0.3 is 5.73 Å². The SMILES string of the molecule is CC(N)CCCS(=O)c1cc(F)ccc1F. The Balaban J connectivity index is 2.62. The number of benzene rings is 1. The molecule has 0 amide bonds. The fraction of sp³-hybridized carbons (Fsp3) is 0.455. The normalized spacial score (nSPS) is 14.8. The molecule has 16 heavy (non-hydrogen) atoms. The van der Waals surface area contributed by atoms with Crippen molar-refractivity contribution in [2.45, 2.75) is 30.7 Å². The fourth-order valence-corrected chi connectivity index (χ4v) is 2.48. The lowest BCUT2D eigenvalue weighted by atomic mass is 10.2. The van der Waals surface area contributed by atoms with Crippen LogP contribution in [-0.4, -0.2) is 16.0 Å². The van der Waals surface area contributed by atoms with Gasteiger partial charge in [-0.25, -0.2) is 8.78 Å². The highest BCUT2D eigenvalue weighted by atomic mass is 32.2. The van der Waals surface area contributed by atoms with Gasteiger partial charge in [-0.2, -0.15) is 0 Å². The van der Waals surface area contributed by atoms with Gasteiger partial charge in [0.15, 0.2) is 0 Å². The highest BCUT2D eigenvalue weighted by molar-refractivity contribution is 7.85. The first-order chi connectivity index (χ1) is 7.50. The Morgan fingerprint density at radius 1 is 1.44 bits per heavy atom. The second kappa shape index (κ2) is 6.06. The van der Waals surface area contributed by atoms with Crippen LogP contribution in [0.5, 0.6) is 0 Å². The first-order valence-corrected chi connectivity index (χ1v) is 6.41. The van der Waals surface area contributed by atoms with Gasteiger partial charge in [0.2, 0.25) is 0 Å². The van der Waals surface area contributed by atoms with Crippen LogP contribution in [0.15, 0.2) is 23.1 Å².